The predicted molar refractivity (Wildman–Crippen MR) is 47.2 cm³/mol. The summed E-state index contributed by atoms with van der Waals surface area (Å²) in [7, 11) is 0. The number of fused-ring (bicyclic) bond motifs is 1. The van der Waals surface area contributed by atoms with Crippen molar-refractivity contribution in [1.29, 1.82) is 0 Å². The maximum absolute atomic E-state index is 3.42. The molecule has 2 aromatic rings. The fraction of sp³-hybridized carbons (Fsp3) is 0. The Morgan fingerprint density at radius 2 is 1.91 bits per heavy atom. The van der Waals surface area contributed by atoms with Crippen molar-refractivity contribution in [3.8, 4) is 0 Å². The van der Waals surface area contributed by atoms with E-state index < -0.39 is 0 Å². The number of hydrogen-bond acceptors (Lipinski definition) is 0. The zero-order chi connectivity index (χ0) is 6.97. The fourth-order valence-electron chi connectivity index (χ4n) is 1.11. The molecule has 0 aliphatic heterocycles. The minimum Gasteiger partial charge on any atom is -0.154 e. The molecule has 0 unspecified atom stereocenters. The van der Waals surface area contributed by atoms with Crippen LogP contribution in [0, 0.1) is 0 Å². The van der Waals surface area contributed by atoms with Crippen LogP contribution in [0.2, 0.25) is 0 Å². The molecule has 0 atom stereocenters. The Labute approximate surface area is 93.2 Å². The van der Waals surface area contributed by atoms with E-state index in [1.54, 1.807) is 0 Å². The zero-order valence-corrected chi connectivity index (χ0v) is 9.89. The summed E-state index contributed by atoms with van der Waals surface area (Å²) in [6.45, 7) is 0. The molecule has 2 rings (SSSR count). The summed E-state index contributed by atoms with van der Waals surface area (Å²) in [4.78, 5) is 0. The largest absolute Gasteiger partial charge is 0.154 e. The fourth-order valence-corrected chi connectivity index (χ4v) is 1.61. The molecule has 11 heavy (non-hydrogen) atoms. The summed E-state index contributed by atoms with van der Waals surface area (Å²) >= 11 is 3.42. The van der Waals surface area contributed by atoms with Crippen LogP contribution in [-0.2, 0) is 26.2 Å². The van der Waals surface area contributed by atoms with Crippen LogP contribution < -0.4 is 0 Å². The molecular formula is C9H6BrZr-. The minimum absolute atomic E-state index is 0. The van der Waals surface area contributed by atoms with Crippen molar-refractivity contribution in [2.24, 2.45) is 0 Å². The smallest absolute Gasteiger partial charge is 0 e. The molecule has 2 heteroatoms. The van der Waals surface area contributed by atoms with Crippen LogP contribution in [0.5, 0.6) is 0 Å². The van der Waals surface area contributed by atoms with Crippen molar-refractivity contribution in [2.75, 3.05) is 0 Å². The van der Waals surface area contributed by atoms with E-state index in [2.05, 4.69) is 52.3 Å². The van der Waals surface area contributed by atoms with Gasteiger partial charge in [0, 0.05) is 26.2 Å². The molecule has 0 nitrogen and oxygen atoms in total. The van der Waals surface area contributed by atoms with E-state index in [1.165, 1.54) is 10.8 Å². The van der Waals surface area contributed by atoms with Gasteiger partial charge in [0.05, 0.1) is 0 Å². The van der Waals surface area contributed by atoms with Gasteiger partial charge in [0.15, 0.2) is 0 Å². The molecule has 0 aliphatic rings. The van der Waals surface area contributed by atoms with E-state index in [0.29, 0.717) is 0 Å². The molecular weight excluding hydrogens is 279 g/mol. The van der Waals surface area contributed by atoms with Crippen molar-refractivity contribution >= 4 is 26.7 Å². The van der Waals surface area contributed by atoms with E-state index in [0.717, 1.165) is 4.47 Å². The van der Waals surface area contributed by atoms with Crippen LogP contribution in [-0.4, -0.2) is 0 Å². The van der Waals surface area contributed by atoms with Gasteiger partial charge in [0.1, 0.15) is 0 Å². The van der Waals surface area contributed by atoms with E-state index in [-0.39, 0.29) is 26.2 Å². The third-order valence-electron chi connectivity index (χ3n) is 1.58. The molecule has 0 aliphatic carbocycles. The van der Waals surface area contributed by atoms with Crippen molar-refractivity contribution in [3.05, 3.63) is 40.9 Å². The Morgan fingerprint density at radius 1 is 1.18 bits per heavy atom. The third kappa shape index (κ3) is 1.86. The van der Waals surface area contributed by atoms with E-state index in [9.17, 15) is 0 Å². The van der Waals surface area contributed by atoms with Crippen molar-refractivity contribution in [2.45, 2.75) is 0 Å². The normalized spacial score (nSPS) is 9.55. The molecule has 54 valence electrons. The van der Waals surface area contributed by atoms with Crippen molar-refractivity contribution < 1.29 is 26.2 Å². The number of hydrogen-bond donors (Lipinski definition) is 0. The molecule has 0 aromatic heterocycles. The van der Waals surface area contributed by atoms with E-state index >= 15 is 0 Å². The minimum atomic E-state index is 0. The SMILES string of the molecule is Brc1cc2ccccc2[cH-]1.[Zr]. The summed E-state index contributed by atoms with van der Waals surface area (Å²) in [6.07, 6.45) is 0. The number of benzene rings is 1. The van der Waals surface area contributed by atoms with Crippen molar-refractivity contribution in [1.82, 2.24) is 0 Å². The molecule has 0 amide bonds. The average molecular weight is 285 g/mol. The maximum Gasteiger partial charge on any atom is 0 e. The summed E-state index contributed by atoms with van der Waals surface area (Å²) in [5.41, 5.74) is 0. The average Bonchev–Trinajstić information content (AvgIpc) is 2.27. The van der Waals surface area contributed by atoms with Crippen molar-refractivity contribution in [3.63, 3.8) is 0 Å². The first-order valence-corrected chi connectivity index (χ1v) is 3.96. The van der Waals surface area contributed by atoms with Gasteiger partial charge >= 0.3 is 0 Å². The molecule has 0 N–H and O–H groups in total. The third-order valence-corrected chi connectivity index (χ3v) is 2.04. The van der Waals surface area contributed by atoms with Gasteiger partial charge < -0.3 is 0 Å². The Balaban J connectivity index is 0.000000605. The van der Waals surface area contributed by atoms with Gasteiger partial charge in [-0.2, -0.15) is 6.07 Å². The second-order valence-electron chi connectivity index (χ2n) is 2.30. The first-order chi connectivity index (χ1) is 4.86. The maximum atomic E-state index is 3.42. The quantitative estimate of drug-likeness (QED) is 0.651. The molecule has 2 aromatic carbocycles. The Morgan fingerprint density at radius 3 is 2.64 bits per heavy atom. The van der Waals surface area contributed by atoms with Crippen LogP contribution >= 0.6 is 15.9 Å². The molecule has 0 bridgehead atoms. The van der Waals surface area contributed by atoms with Gasteiger partial charge in [-0.15, -0.1) is 35.0 Å². The van der Waals surface area contributed by atoms with Gasteiger partial charge in [-0.05, 0) is 0 Å². The second kappa shape index (κ2) is 3.73. The Kier molecular flexibility index (Phi) is 3.15. The van der Waals surface area contributed by atoms with Gasteiger partial charge in [0.2, 0.25) is 0 Å². The second-order valence-corrected chi connectivity index (χ2v) is 3.22. The molecule has 0 saturated carbocycles. The molecule has 0 spiro atoms. The van der Waals surface area contributed by atoms with Crippen LogP contribution in [0.1, 0.15) is 0 Å². The first-order valence-electron chi connectivity index (χ1n) is 3.17. The first kappa shape index (κ1) is 9.28. The van der Waals surface area contributed by atoms with E-state index in [1.807, 2.05) is 0 Å². The Bertz CT molecular complexity index is 318. The van der Waals surface area contributed by atoms with Crippen LogP contribution in [0.25, 0.3) is 10.8 Å². The number of halogens is 1. The summed E-state index contributed by atoms with van der Waals surface area (Å²) in [5, 5.41) is 2.60. The standard InChI is InChI=1S/C9H6Br.Zr/c10-9-5-7-3-1-2-4-8(7)6-9;/h1-6H;/q-1;. The van der Waals surface area contributed by atoms with Crippen LogP contribution in [0.4, 0.5) is 0 Å². The summed E-state index contributed by atoms with van der Waals surface area (Å²) in [6, 6.07) is 12.6. The van der Waals surface area contributed by atoms with Gasteiger partial charge in [-0.1, -0.05) is 26.5 Å². The Hall–Kier alpha value is 0.193. The summed E-state index contributed by atoms with van der Waals surface area (Å²) < 4.78 is 1.16. The van der Waals surface area contributed by atoms with Gasteiger partial charge in [0.25, 0.3) is 0 Å². The zero-order valence-electron chi connectivity index (χ0n) is 5.84. The van der Waals surface area contributed by atoms with Gasteiger partial charge in [-0.3, -0.25) is 0 Å². The summed E-state index contributed by atoms with van der Waals surface area (Å²) in [5.74, 6) is 0. The van der Waals surface area contributed by atoms with Crippen LogP contribution in [0.15, 0.2) is 40.9 Å². The van der Waals surface area contributed by atoms with Gasteiger partial charge in [-0.25, -0.2) is 0 Å². The molecule has 0 fully saturated rings. The molecule has 0 heterocycles. The number of rotatable bonds is 0. The van der Waals surface area contributed by atoms with Crippen LogP contribution in [0.3, 0.4) is 0 Å². The molecule has 0 radical (unpaired) electrons. The molecule has 0 saturated heterocycles. The monoisotopic (exact) mass is 283 g/mol. The van der Waals surface area contributed by atoms with E-state index in [4.69, 9.17) is 0 Å². The topological polar surface area (TPSA) is 0 Å². The predicted octanol–water partition coefficient (Wildman–Crippen LogP) is 3.32.